The molecule has 0 radical (unpaired) electrons. The molecule has 3 N–H and O–H groups in total. The van der Waals surface area contributed by atoms with Crippen molar-refractivity contribution in [3.8, 4) is 0 Å². The Bertz CT molecular complexity index is 506. The number of halogens is 2. The fourth-order valence-electron chi connectivity index (χ4n) is 1.57. The van der Waals surface area contributed by atoms with Crippen LogP contribution in [0.5, 0.6) is 0 Å². The van der Waals surface area contributed by atoms with Crippen molar-refractivity contribution >= 4 is 11.6 Å². The van der Waals surface area contributed by atoms with E-state index in [0.717, 1.165) is 5.56 Å². The molecule has 1 atom stereocenters. The summed E-state index contributed by atoms with van der Waals surface area (Å²) in [6, 6.07) is 5.67. The van der Waals surface area contributed by atoms with Gasteiger partial charge in [0.05, 0.1) is 12.2 Å². The van der Waals surface area contributed by atoms with Crippen LogP contribution in [-0.2, 0) is 0 Å². The van der Waals surface area contributed by atoms with Crippen LogP contribution < -0.4 is 11.3 Å². The molecule has 0 aliphatic carbocycles. The predicted octanol–water partition coefficient (Wildman–Crippen LogP) is 1.82. The first kappa shape index (κ1) is 11.9. The molecular formula is C11H10ClFN4. The van der Waals surface area contributed by atoms with Crippen LogP contribution in [0.3, 0.4) is 0 Å². The van der Waals surface area contributed by atoms with Crippen molar-refractivity contribution in [3.05, 3.63) is 58.6 Å². The van der Waals surface area contributed by atoms with Crippen molar-refractivity contribution in [1.82, 2.24) is 15.6 Å². The molecule has 1 heterocycles. The normalized spacial score (nSPS) is 12.4. The maximum atomic E-state index is 13.8. The van der Waals surface area contributed by atoms with E-state index in [1.54, 1.807) is 18.2 Å². The van der Waals surface area contributed by atoms with E-state index in [1.165, 1.54) is 18.5 Å². The molecule has 2 rings (SSSR count). The number of hydrogen-bond acceptors (Lipinski definition) is 4. The molecule has 0 amide bonds. The lowest BCUT2D eigenvalue weighted by molar-refractivity contribution is 0.558. The highest BCUT2D eigenvalue weighted by molar-refractivity contribution is 6.30. The van der Waals surface area contributed by atoms with E-state index in [1.807, 2.05) is 0 Å². The van der Waals surface area contributed by atoms with Crippen LogP contribution in [0.2, 0.25) is 5.02 Å². The van der Waals surface area contributed by atoms with E-state index in [2.05, 4.69) is 15.6 Å². The minimum absolute atomic E-state index is 0.342. The van der Waals surface area contributed by atoms with Crippen molar-refractivity contribution in [2.75, 3.05) is 0 Å². The van der Waals surface area contributed by atoms with Crippen LogP contribution >= 0.6 is 11.6 Å². The van der Waals surface area contributed by atoms with E-state index < -0.39 is 11.9 Å². The Balaban J connectivity index is 2.42. The number of rotatable bonds is 3. The van der Waals surface area contributed by atoms with Crippen LogP contribution in [0.4, 0.5) is 4.39 Å². The Morgan fingerprint density at radius 2 is 2.12 bits per heavy atom. The smallest absolute Gasteiger partial charge is 0.129 e. The molecule has 4 nitrogen and oxygen atoms in total. The number of nitrogens with zero attached hydrogens (tertiary/aromatic N) is 2. The van der Waals surface area contributed by atoms with E-state index in [0.29, 0.717) is 10.6 Å². The molecule has 0 spiro atoms. The molecule has 0 aliphatic rings. The van der Waals surface area contributed by atoms with Crippen LogP contribution in [0, 0.1) is 5.82 Å². The first-order valence-corrected chi connectivity index (χ1v) is 5.28. The number of nitrogens with two attached hydrogens (primary N) is 1. The predicted molar refractivity (Wildman–Crippen MR) is 62.6 cm³/mol. The molecule has 6 heteroatoms. The molecule has 2 aromatic rings. The first-order chi connectivity index (χ1) is 8.22. The fraction of sp³-hybridized carbons (Fsp3) is 0.0909. The topological polar surface area (TPSA) is 63.8 Å². The van der Waals surface area contributed by atoms with E-state index in [-0.39, 0.29) is 0 Å². The molecule has 1 aromatic heterocycles. The van der Waals surface area contributed by atoms with Gasteiger partial charge in [-0.1, -0.05) is 17.7 Å². The highest BCUT2D eigenvalue weighted by atomic mass is 35.5. The van der Waals surface area contributed by atoms with Crippen molar-refractivity contribution in [2.24, 2.45) is 5.84 Å². The summed E-state index contributed by atoms with van der Waals surface area (Å²) in [6.45, 7) is 0. The Kier molecular flexibility index (Phi) is 3.63. The zero-order valence-corrected chi connectivity index (χ0v) is 9.53. The average molecular weight is 253 g/mol. The van der Waals surface area contributed by atoms with Gasteiger partial charge < -0.3 is 0 Å². The molecule has 0 fully saturated rings. The molecule has 0 saturated carbocycles. The van der Waals surface area contributed by atoms with Crippen LogP contribution in [0.15, 0.2) is 36.7 Å². The van der Waals surface area contributed by atoms with Gasteiger partial charge in [-0.2, -0.15) is 10.2 Å². The molecule has 1 unspecified atom stereocenters. The second-order valence-corrected chi connectivity index (χ2v) is 3.88. The zero-order chi connectivity index (χ0) is 12.3. The minimum atomic E-state index is -0.484. The van der Waals surface area contributed by atoms with E-state index in [9.17, 15) is 4.39 Å². The molecule has 1 aromatic carbocycles. The molecular weight excluding hydrogens is 243 g/mol. The third-order valence-electron chi connectivity index (χ3n) is 2.38. The maximum Gasteiger partial charge on any atom is 0.129 e. The quantitative estimate of drug-likeness (QED) is 0.646. The van der Waals surface area contributed by atoms with Gasteiger partial charge in [0.25, 0.3) is 0 Å². The summed E-state index contributed by atoms with van der Waals surface area (Å²) in [7, 11) is 0. The maximum absolute atomic E-state index is 13.8. The van der Waals surface area contributed by atoms with Gasteiger partial charge in [0, 0.05) is 16.8 Å². The fourth-order valence-corrected chi connectivity index (χ4v) is 1.73. The third kappa shape index (κ3) is 2.58. The molecule has 0 bridgehead atoms. The number of hydrogen-bond donors (Lipinski definition) is 2. The Morgan fingerprint density at radius 3 is 2.71 bits per heavy atom. The Labute approximate surface area is 103 Å². The largest absolute Gasteiger partial charge is 0.271 e. The average Bonchev–Trinajstić information content (AvgIpc) is 2.34. The SMILES string of the molecule is NNC(c1ccnnc1)c1ccc(Cl)cc1F. The summed E-state index contributed by atoms with van der Waals surface area (Å²) in [4.78, 5) is 0. The van der Waals surface area contributed by atoms with Gasteiger partial charge in [0.1, 0.15) is 5.82 Å². The second kappa shape index (κ2) is 5.18. The summed E-state index contributed by atoms with van der Waals surface area (Å²) >= 11 is 5.70. The Morgan fingerprint density at radius 1 is 1.29 bits per heavy atom. The zero-order valence-electron chi connectivity index (χ0n) is 8.77. The summed E-state index contributed by atoms with van der Waals surface area (Å²) in [5.74, 6) is 5.03. The lowest BCUT2D eigenvalue weighted by atomic mass is 10.0. The van der Waals surface area contributed by atoms with Gasteiger partial charge in [-0.3, -0.25) is 5.84 Å². The van der Waals surface area contributed by atoms with E-state index >= 15 is 0 Å². The highest BCUT2D eigenvalue weighted by Crippen LogP contribution is 2.24. The van der Waals surface area contributed by atoms with Crippen LogP contribution in [0.1, 0.15) is 17.2 Å². The number of benzene rings is 1. The van der Waals surface area contributed by atoms with Crippen LogP contribution in [0.25, 0.3) is 0 Å². The number of hydrazine groups is 1. The summed E-state index contributed by atoms with van der Waals surface area (Å²) in [6.07, 6.45) is 3.05. The molecule has 0 aliphatic heterocycles. The number of nitrogens with one attached hydrogen (secondary N) is 1. The molecule has 0 saturated heterocycles. The summed E-state index contributed by atoms with van der Waals surface area (Å²) in [5.41, 5.74) is 3.68. The third-order valence-corrected chi connectivity index (χ3v) is 2.62. The Hall–Kier alpha value is -1.56. The second-order valence-electron chi connectivity index (χ2n) is 3.44. The highest BCUT2D eigenvalue weighted by Gasteiger charge is 2.16. The first-order valence-electron chi connectivity index (χ1n) is 4.90. The molecule has 88 valence electrons. The van der Waals surface area contributed by atoms with Crippen molar-refractivity contribution < 1.29 is 4.39 Å². The van der Waals surface area contributed by atoms with Crippen molar-refractivity contribution in [2.45, 2.75) is 6.04 Å². The minimum Gasteiger partial charge on any atom is -0.271 e. The standard InChI is InChI=1S/C11H10ClFN4/c12-8-1-2-9(10(13)5-8)11(17-14)7-3-4-15-16-6-7/h1-6,11,17H,14H2. The number of aromatic nitrogens is 2. The monoisotopic (exact) mass is 252 g/mol. The summed E-state index contributed by atoms with van der Waals surface area (Å²) < 4.78 is 13.8. The molecule has 17 heavy (non-hydrogen) atoms. The van der Waals surface area contributed by atoms with Gasteiger partial charge in [0.2, 0.25) is 0 Å². The van der Waals surface area contributed by atoms with Crippen LogP contribution in [-0.4, -0.2) is 10.2 Å². The van der Waals surface area contributed by atoms with Gasteiger partial charge in [-0.15, -0.1) is 0 Å². The lowest BCUT2D eigenvalue weighted by Crippen LogP contribution is -2.29. The van der Waals surface area contributed by atoms with Gasteiger partial charge in [0.15, 0.2) is 0 Å². The van der Waals surface area contributed by atoms with E-state index in [4.69, 9.17) is 17.4 Å². The van der Waals surface area contributed by atoms with Crippen molar-refractivity contribution in [3.63, 3.8) is 0 Å². The van der Waals surface area contributed by atoms with Gasteiger partial charge in [-0.25, -0.2) is 9.82 Å². The summed E-state index contributed by atoms with van der Waals surface area (Å²) in [5, 5.41) is 7.73. The lowest BCUT2D eigenvalue weighted by Gasteiger charge is -2.16. The van der Waals surface area contributed by atoms with Crippen molar-refractivity contribution in [1.29, 1.82) is 0 Å². The van der Waals surface area contributed by atoms with Gasteiger partial charge >= 0.3 is 0 Å². The van der Waals surface area contributed by atoms with Gasteiger partial charge in [-0.05, 0) is 23.8 Å².